The molecule has 0 atom stereocenters. The van der Waals surface area contributed by atoms with Gasteiger partial charge in [-0.15, -0.1) is 0 Å². The van der Waals surface area contributed by atoms with Crippen molar-refractivity contribution < 1.29 is 18.7 Å². The Kier molecular flexibility index (Phi) is 2.91. The van der Waals surface area contributed by atoms with Gasteiger partial charge in [0.1, 0.15) is 11.6 Å². The molecule has 1 aromatic heterocycles. The summed E-state index contributed by atoms with van der Waals surface area (Å²) in [6.07, 6.45) is 2.93. The Labute approximate surface area is 95.9 Å². The molecule has 1 heterocycles. The molecule has 1 aromatic carbocycles. The number of carboxylic acid groups (broad SMARTS) is 1. The van der Waals surface area contributed by atoms with E-state index in [-0.39, 0.29) is 12.1 Å². The molecule has 17 heavy (non-hydrogen) atoms. The van der Waals surface area contributed by atoms with Crippen LogP contribution in [0, 0.1) is 11.6 Å². The average Bonchev–Trinajstić information content (AvgIpc) is 2.71. The van der Waals surface area contributed by atoms with E-state index in [1.54, 1.807) is 0 Å². The first kappa shape index (κ1) is 11.3. The number of nitrogens with zero attached hydrogens (tertiary/aromatic N) is 1. The van der Waals surface area contributed by atoms with Gasteiger partial charge in [-0.3, -0.25) is 0 Å². The SMILES string of the molecule is O=C(O)c1ccn(Cc2ccc(F)cc2F)c1. The Balaban J connectivity index is 2.22. The van der Waals surface area contributed by atoms with Crippen molar-refractivity contribution >= 4 is 5.97 Å². The van der Waals surface area contributed by atoms with Crippen LogP contribution in [0.15, 0.2) is 36.7 Å². The quantitative estimate of drug-likeness (QED) is 0.891. The Morgan fingerprint density at radius 2 is 2.06 bits per heavy atom. The highest BCUT2D eigenvalue weighted by atomic mass is 19.1. The van der Waals surface area contributed by atoms with E-state index in [0.29, 0.717) is 5.56 Å². The average molecular weight is 237 g/mol. The van der Waals surface area contributed by atoms with Gasteiger partial charge in [0.05, 0.1) is 5.56 Å². The molecule has 0 amide bonds. The van der Waals surface area contributed by atoms with Crippen LogP contribution in [0.25, 0.3) is 0 Å². The minimum absolute atomic E-state index is 0.132. The van der Waals surface area contributed by atoms with Crippen molar-refractivity contribution in [1.29, 1.82) is 0 Å². The minimum atomic E-state index is -1.04. The molecule has 88 valence electrons. The highest BCUT2D eigenvalue weighted by molar-refractivity contribution is 5.87. The van der Waals surface area contributed by atoms with E-state index in [0.717, 1.165) is 6.07 Å². The summed E-state index contributed by atoms with van der Waals surface area (Å²) in [6.45, 7) is 0.166. The first-order valence-electron chi connectivity index (χ1n) is 4.89. The molecule has 3 nitrogen and oxygen atoms in total. The third kappa shape index (κ3) is 2.50. The van der Waals surface area contributed by atoms with E-state index in [4.69, 9.17) is 5.11 Å². The van der Waals surface area contributed by atoms with E-state index < -0.39 is 17.6 Å². The number of hydrogen-bond acceptors (Lipinski definition) is 1. The maximum absolute atomic E-state index is 13.3. The molecule has 0 spiro atoms. The van der Waals surface area contributed by atoms with Crippen LogP contribution in [0.1, 0.15) is 15.9 Å². The monoisotopic (exact) mass is 237 g/mol. The molecular formula is C12H9F2NO2. The zero-order valence-electron chi connectivity index (χ0n) is 8.73. The van der Waals surface area contributed by atoms with Crippen molar-refractivity contribution in [2.75, 3.05) is 0 Å². The molecule has 0 aliphatic heterocycles. The molecule has 0 saturated heterocycles. The number of halogens is 2. The van der Waals surface area contributed by atoms with Gasteiger partial charge >= 0.3 is 5.97 Å². The molecule has 2 rings (SSSR count). The molecule has 0 fully saturated rings. The van der Waals surface area contributed by atoms with Crippen LogP contribution in [-0.4, -0.2) is 15.6 Å². The Morgan fingerprint density at radius 1 is 1.29 bits per heavy atom. The third-order valence-electron chi connectivity index (χ3n) is 2.37. The van der Waals surface area contributed by atoms with Crippen LogP contribution in [0.3, 0.4) is 0 Å². The summed E-state index contributed by atoms with van der Waals surface area (Å²) in [5.74, 6) is -2.32. The molecule has 0 saturated carbocycles. The Bertz CT molecular complexity index is 563. The van der Waals surface area contributed by atoms with Gasteiger partial charge in [-0.05, 0) is 12.1 Å². The highest BCUT2D eigenvalue weighted by Crippen LogP contribution is 2.12. The van der Waals surface area contributed by atoms with Crippen LogP contribution in [-0.2, 0) is 6.54 Å². The summed E-state index contributed by atoms with van der Waals surface area (Å²) in [4.78, 5) is 10.6. The fourth-order valence-electron chi connectivity index (χ4n) is 1.51. The molecule has 0 bridgehead atoms. The minimum Gasteiger partial charge on any atom is -0.478 e. The zero-order chi connectivity index (χ0) is 12.4. The van der Waals surface area contributed by atoms with Crippen LogP contribution in [0.5, 0.6) is 0 Å². The predicted molar refractivity (Wildman–Crippen MR) is 56.9 cm³/mol. The molecule has 5 heteroatoms. The summed E-state index contributed by atoms with van der Waals surface area (Å²) >= 11 is 0. The topological polar surface area (TPSA) is 42.2 Å². The van der Waals surface area contributed by atoms with Crippen molar-refractivity contribution in [2.24, 2.45) is 0 Å². The number of hydrogen-bond donors (Lipinski definition) is 1. The van der Waals surface area contributed by atoms with Gasteiger partial charge in [-0.2, -0.15) is 0 Å². The number of carboxylic acids is 1. The summed E-state index contributed by atoms with van der Waals surface area (Å²) in [7, 11) is 0. The lowest BCUT2D eigenvalue weighted by Gasteiger charge is -2.04. The lowest BCUT2D eigenvalue weighted by atomic mass is 10.2. The van der Waals surface area contributed by atoms with Crippen LogP contribution >= 0.6 is 0 Å². The number of carbonyl (C=O) groups is 1. The summed E-state index contributed by atoms with van der Waals surface area (Å²) < 4.78 is 27.5. The first-order chi connectivity index (χ1) is 8.06. The summed E-state index contributed by atoms with van der Waals surface area (Å²) in [5.41, 5.74) is 0.437. The van der Waals surface area contributed by atoms with Gasteiger partial charge < -0.3 is 9.67 Å². The standard InChI is InChI=1S/C12H9F2NO2/c13-10-2-1-8(11(14)5-10)6-15-4-3-9(7-15)12(16)17/h1-5,7H,6H2,(H,16,17). The molecule has 0 aliphatic carbocycles. The lowest BCUT2D eigenvalue weighted by Crippen LogP contribution is -2.00. The van der Waals surface area contributed by atoms with E-state index in [9.17, 15) is 13.6 Å². The highest BCUT2D eigenvalue weighted by Gasteiger charge is 2.07. The summed E-state index contributed by atoms with van der Waals surface area (Å²) in [5, 5.41) is 8.72. The second kappa shape index (κ2) is 4.37. The fraction of sp³-hybridized carbons (Fsp3) is 0.0833. The zero-order valence-corrected chi connectivity index (χ0v) is 8.73. The molecule has 1 N–H and O–H groups in total. The molecule has 0 radical (unpaired) electrons. The third-order valence-corrected chi connectivity index (χ3v) is 2.37. The van der Waals surface area contributed by atoms with Crippen LogP contribution in [0.4, 0.5) is 8.78 Å². The first-order valence-corrected chi connectivity index (χ1v) is 4.89. The number of benzene rings is 1. The van der Waals surface area contributed by atoms with Gasteiger partial charge in [-0.25, -0.2) is 13.6 Å². The van der Waals surface area contributed by atoms with Gasteiger partial charge in [-0.1, -0.05) is 6.07 Å². The Morgan fingerprint density at radius 3 is 2.65 bits per heavy atom. The number of rotatable bonds is 3. The molecule has 0 unspecified atom stereocenters. The number of aromatic carboxylic acids is 1. The van der Waals surface area contributed by atoms with Crippen molar-refractivity contribution in [1.82, 2.24) is 4.57 Å². The van der Waals surface area contributed by atoms with E-state index in [1.165, 1.54) is 35.2 Å². The largest absolute Gasteiger partial charge is 0.478 e. The molecule has 2 aromatic rings. The van der Waals surface area contributed by atoms with Crippen molar-refractivity contribution in [2.45, 2.75) is 6.54 Å². The summed E-state index contributed by atoms with van der Waals surface area (Å²) in [6, 6.07) is 4.73. The van der Waals surface area contributed by atoms with Crippen LogP contribution in [0.2, 0.25) is 0 Å². The molecule has 0 aliphatic rings. The molecular weight excluding hydrogens is 228 g/mol. The van der Waals surface area contributed by atoms with E-state index in [2.05, 4.69) is 0 Å². The van der Waals surface area contributed by atoms with Crippen molar-refractivity contribution in [3.05, 3.63) is 59.4 Å². The second-order valence-electron chi connectivity index (χ2n) is 3.61. The van der Waals surface area contributed by atoms with Gasteiger partial charge in [0.2, 0.25) is 0 Å². The van der Waals surface area contributed by atoms with Crippen molar-refractivity contribution in [3.8, 4) is 0 Å². The maximum atomic E-state index is 13.3. The van der Waals surface area contributed by atoms with Gasteiger partial charge in [0, 0.05) is 30.6 Å². The Hall–Kier alpha value is -2.17. The lowest BCUT2D eigenvalue weighted by molar-refractivity contribution is 0.0697. The van der Waals surface area contributed by atoms with Crippen LogP contribution < -0.4 is 0 Å². The van der Waals surface area contributed by atoms with Crippen molar-refractivity contribution in [3.63, 3.8) is 0 Å². The van der Waals surface area contributed by atoms with Gasteiger partial charge in [0.15, 0.2) is 0 Å². The second-order valence-corrected chi connectivity index (χ2v) is 3.61. The smallest absolute Gasteiger partial charge is 0.337 e. The van der Waals surface area contributed by atoms with Gasteiger partial charge in [0.25, 0.3) is 0 Å². The predicted octanol–water partition coefficient (Wildman–Crippen LogP) is 2.51. The maximum Gasteiger partial charge on any atom is 0.337 e. The van der Waals surface area contributed by atoms with E-state index >= 15 is 0 Å². The number of aromatic nitrogens is 1. The normalized spacial score (nSPS) is 10.5. The fourth-order valence-corrected chi connectivity index (χ4v) is 1.51. The van der Waals surface area contributed by atoms with E-state index in [1.807, 2.05) is 0 Å².